The molecule has 2 rings (SSSR count). The van der Waals surface area contributed by atoms with Crippen LogP contribution in [0.1, 0.15) is 23.2 Å². The third-order valence-corrected chi connectivity index (χ3v) is 2.26. The first kappa shape index (κ1) is 9.06. The maximum Gasteiger partial charge on any atom is 0.255 e. The van der Waals surface area contributed by atoms with Crippen molar-refractivity contribution in [2.24, 2.45) is 0 Å². The molecule has 1 saturated carbocycles. The number of carbonyl (C=O) groups excluding carboxylic acids is 1. The van der Waals surface area contributed by atoms with Gasteiger partial charge in [-0.25, -0.2) is 0 Å². The Bertz CT molecular complexity index is 345. The summed E-state index contributed by atoms with van der Waals surface area (Å²) >= 11 is 0. The van der Waals surface area contributed by atoms with Gasteiger partial charge in [0, 0.05) is 6.04 Å². The molecule has 1 fully saturated rings. The van der Waals surface area contributed by atoms with Crippen molar-refractivity contribution in [3.8, 4) is 5.75 Å². The molecule has 1 N–H and O–H groups in total. The number of methoxy groups -OCH3 is 1. The Morgan fingerprint density at radius 3 is 2.79 bits per heavy atom. The van der Waals surface area contributed by atoms with Crippen molar-refractivity contribution in [2.45, 2.75) is 18.9 Å². The number of para-hydroxylation sites is 1. The van der Waals surface area contributed by atoms with Crippen LogP contribution in [0.3, 0.4) is 0 Å². The van der Waals surface area contributed by atoms with Gasteiger partial charge in [0.15, 0.2) is 0 Å². The van der Waals surface area contributed by atoms with Gasteiger partial charge in [-0.3, -0.25) is 4.79 Å². The van der Waals surface area contributed by atoms with Crippen LogP contribution < -0.4 is 10.1 Å². The molecular formula is C11H13NO2. The van der Waals surface area contributed by atoms with Crippen LogP contribution >= 0.6 is 0 Å². The summed E-state index contributed by atoms with van der Waals surface area (Å²) in [4.78, 5) is 11.7. The largest absolute Gasteiger partial charge is 0.496 e. The molecular weight excluding hydrogens is 178 g/mol. The van der Waals surface area contributed by atoms with Gasteiger partial charge in [0.05, 0.1) is 12.7 Å². The van der Waals surface area contributed by atoms with E-state index in [1.54, 1.807) is 19.2 Å². The van der Waals surface area contributed by atoms with Crippen molar-refractivity contribution in [1.82, 2.24) is 5.32 Å². The van der Waals surface area contributed by atoms with Gasteiger partial charge in [0.25, 0.3) is 5.91 Å². The Labute approximate surface area is 83.1 Å². The van der Waals surface area contributed by atoms with Crippen LogP contribution in [0.5, 0.6) is 5.75 Å². The van der Waals surface area contributed by atoms with E-state index in [9.17, 15) is 4.79 Å². The smallest absolute Gasteiger partial charge is 0.255 e. The molecule has 0 aliphatic heterocycles. The lowest BCUT2D eigenvalue weighted by Crippen LogP contribution is -2.25. The first-order chi connectivity index (χ1) is 6.81. The summed E-state index contributed by atoms with van der Waals surface area (Å²) in [5.41, 5.74) is 0.613. The topological polar surface area (TPSA) is 38.3 Å². The molecule has 0 bridgehead atoms. The molecule has 74 valence electrons. The number of carbonyl (C=O) groups is 1. The van der Waals surface area contributed by atoms with Gasteiger partial charge in [-0.2, -0.15) is 0 Å². The predicted molar refractivity (Wildman–Crippen MR) is 53.5 cm³/mol. The molecule has 14 heavy (non-hydrogen) atoms. The van der Waals surface area contributed by atoms with Crippen molar-refractivity contribution in [2.75, 3.05) is 7.11 Å². The normalized spacial score (nSPS) is 14.9. The van der Waals surface area contributed by atoms with Gasteiger partial charge in [-0.15, -0.1) is 0 Å². The first-order valence-corrected chi connectivity index (χ1v) is 4.75. The third-order valence-electron chi connectivity index (χ3n) is 2.26. The van der Waals surface area contributed by atoms with E-state index in [0.717, 1.165) is 12.8 Å². The average molecular weight is 191 g/mol. The SMILES string of the molecule is COc1ccccc1C(=O)NC1CC1. The molecule has 1 aromatic carbocycles. The molecule has 0 radical (unpaired) electrons. The zero-order valence-corrected chi connectivity index (χ0v) is 8.12. The van der Waals surface area contributed by atoms with Crippen molar-refractivity contribution >= 4 is 5.91 Å². The Morgan fingerprint density at radius 2 is 2.14 bits per heavy atom. The Morgan fingerprint density at radius 1 is 1.43 bits per heavy atom. The van der Waals surface area contributed by atoms with E-state index in [1.165, 1.54) is 0 Å². The summed E-state index contributed by atoms with van der Waals surface area (Å²) in [6.07, 6.45) is 2.20. The fraction of sp³-hybridized carbons (Fsp3) is 0.364. The molecule has 3 nitrogen and oxygen atoms in total. The van der Waals surface area contributed by atoms with Gasteiger partial charge >= 0.3 is 0 Å². The number of amides is 1. The van der Waals surface area contributed by atoms with E-state index in [2.05, 4.69) is 5.32 Å². The van der Waals surface area contributed by atoms with Crippen molar-refractivity contribution in [1.29, 1.82) is 0 Å². The van der Waals surface area contributed by atoms with Crippen LogP contribution in [0.4, 0.5) is 0 Å². The van der Waals surface area contributed by atoms with Crippen LogP contribution in [0.2, 0.25) is 0 Å². The standard InChI is InChI=1S/C11H13NO2/c1-14-10-5-3-2-4-9(10)11(13)12-8-6-7-8/h2-5,8H,6-7H2,1H3,(H,12,13). The molecule has 0 unspecified atom stereocenters. The Hall–Kier alpha value is -1.51. The van der Waals surface area contributed by atoms with E-state index in [0.29, 0.717) is 17.4 Å². The van der Waals surface area contributed by atoms with Gasteiger partial charge in [0.1, 0.15) is 5.75 Å². The lowest BCUT2D eigenvalue weighted by atomic mass is 10.2. The zero-order valence-electron chi connectivity index (χ0n) is 8.12. The van der Waals surface area contributed by atoms with Crippen LogP contribution in [0.15, 0.2) is 24.3 Å². The zero-order chi connectivity index (χ0) is 9.97. The van der Waals surface area contributed by atoms with Crippen LogP contribution in [0, 0.1) is 0 Å². The monoisotopic (exact) mass is 191 g/mol. The van der Waals surface area contributed by atoms with E-state index >= 15 is 0 Å². The number of rotatable bonds is 3. The highest BCUT2D eigenvalue weighted by molar-refractivity contribution is 5.97. The summed E-state index contributed by atoms with van der Waals surface area (Å²) < 4.78 is 5.11. The van der Waals surface area contributed by atoms with E-state index in [1.807, 2.05) is 12.1 Å². The van der Waals surface area contributed by atoms with E-state index in [-0.39, 0.29) is 5.91 Å². The number of hydrogen-bond donors (Lipinski definition) is 1. The highest BCUT2D eigenvalue weighted by Crippen LogP contribution is 2.22. The Balaban J connectivity index is 2.16. The summed E-state index contributed by atoms with van der Waals surface area (Å²) in [5.74, 6) is 0.593. The van der Waals surface area contributed by atoms with Gasteiger partial charge in [-0.05, 0) is 25.0 Å². The number of hydrogen-bond acceptors (Lipinski definition) is 2. The maximum atomic E-state index is 11.7. The molecule has 0 atom stereocenters. The van der Waals surface area contributed by atoms with E-state index < -0.39 is 0 Å². The van der Waals surface area contributed by atoms with Crippen molar-refractivity contribution < 1.29 is 9.53 Å². The van der Waals surface area contributed by atoms with Gasteiger partial charge < -0.3 is 10.1 Å². The fourth-order valence-electron chi connectivity index (χ4n) is 1.32. The molecule has 0 heterocycles. The lowest BCUT2D eigenvalue weighted by Gasteiger charge is -2.07. The second-order valence-electron chi connectivity index (χ2n) is 3.45. The minimum Gasteiger partial charge on any atom is -0.496 e. The predicted octanol–water partition coefficient (Wildman–Crippen LogP) is 1.59. The van der Waals surface area contributed by atoms with Crippen molar-refractivity contribution in [3.63, 3.8) is 0 Å². The highest BCUT2D eigenvalue weighted by Gasteiger charge is 2.24. The first-order valence-electron chi connectivity index (χ1n) is 4.75. The molecule has 0 spiro atoms. The molecule has 1 aromatic rings. The second-order valence-corrected chi connectivity index (χ2v) is 3.45. The summed E-state index contributed by atoms with van der Waals surface area (Å²) in [6, 6.07) is 7.64. The maximum absolute atomic E-state index is 11.7. The van der Waals surface area contributed by atoms with E-state index in [4.69, 9.17) is 4.74 Å². The van der Waals surface area contributed by atoms with Gasteiger partial charge in [0.2, 0.25) is 0 Å². The minimum atomic E-state index is -0.0371. The molecule has 3 heteroatoms. The van der Waals surface area contributed by atoms with Crippen LogP contribution in [-0.4, -0.2) is 19.1 Å². The van der Waals surface area contributed by atoms with Gasteiger partial charge in [-0.1, -0.05) is 12.1 Å². The van der Waals surface area contributed by atoms with Crippen molar-refractivity contribution in [3.05, 3.63) is 29.8 Å². The highest BCUT2D eigenvalue weighted by atomic mass is 16.5. The molecule has 0 aromatic heterocycles. The Kier molecular flexibility index (Phi) is 2.39. The average Bonchev–Trinajstić information content (AvgIpc) is 3.01. The summed E-state index contributed by atoms with van der Waals surface area (Å²) in [6.45, 7) is 0. The molecule has 1 amide bonds. The second kappa shape index (κ2) is 3.70. The summed E-state index contributed by atoms with van der Waals surface area (Å²) in [5, 5.41) is 2.93. The van der Waals surface area contributed by atoms with Crippen LogP contribution in [-0.2, 0) is 0 Å². The summed E-state index contributed by atoms with van der Waals surface area (Å²) in [7, 11) is 1.57. The number of benzene rings is 1. The molecule has 1 aliphatic carbocycles. The fourth-order valence-corrected chi connectivity index (χ4v) is 1.32. The van der Waals surface area contributed by atoms with Crippen LogP contribution in [0.25, 0.3) is 0 Å². The minimum absolute atomic E-state index is 0.0371. The quantitative estimate of drug-likeness (QED) is 0.787. The number of nitrogens with one attached hydrogen (secondary N) is 1. The molecule has 1 aliphatic rings. The number of ether oxygens (including phenoxy) is 1. The lowest BCUT2D eigenvalue weighted by molar-refractivity contribution is 0.0948. The third kappa shape index (κ3) is 1.87. The molecule has 0 saturated heterocycles.